The Morgan fingerprint density at radius 3 is 2.14 bits per heavy atom. The highest BCUT2D eigenvalue weighted by molar-refractivity contribution is 6.04. The van der Waals surface area contributed by atoms with Gasteiger partial charge in [0.1, 0.15) is 11.3 Å². The molecule has 1 aromatic carbocycles. The van der Waals surface area contributed by atoms with E-state index < -0.39 is 12.1 Å². The molecule has 6 heteroatoms. The lowest BCUT2D eigenvalue weighted by molar-refractivity contribution is -0.148. The monoisotopic (exact) mass is 389 g/mol. The van der Waals surface area contributed by atoms with Crippen LogP contribution in [0.15, 0.2) is 60.9 Å². The van der Waals surface area contributed by atoms with Gasteiger partial charge in [0.25, 0.3) is 0 Å². The molecule has 0 amide bonds. The maximum atomic E-state index is 11.1. The number of carboxylic acids is 1. The Balaban J connectivity index is 1.45. The van der Waals surface area contributed by atoms with Gasteiger partial charge in [-0.1, -0.05) is 24.3 Å². The minimum absolute atomic E-state index is 0.366. The summed E-state index contributed by atoms with van der Waals surface area (Å²) in [6.07, 6.45) is 5.08. The second kappa shape index (κ2) is 8.41. The van der Waals surface area contributed by atoms with Crippen LogP contribution in [0.4, 0.5) is 0 Å². The minimum atomic E-state index is -0.940. The number of aromatic nitrogens is 3. The van der Waals surface area contributed by atoms with Gasteiger partial charge in [-0.25, -0.2) is 14.8 Å². The van der Waals surface area contributed by atoms with Crippen molar-refractivity contribution in [2.45, 2.75) is 31.9 Å². The first-order chi connectivity index (χ1) is 14.2. The number of aliphatic carboxylic acids is 1. The molecule has 0 spiro atoms. The van der Waals surface area contributed by atoms with E-state index >= 15 is 0 Å². The number of ether oxygens (including phenoxy) is 1. The molecule has 1 unspecified atom stereocenters. The Bertz CT molecular complexity index is 1080. The maximum absolute atomic E-state index is 11.1. The average molecular weight is 389 g/mol. The molecule has 148 valence electrons. The second-order valence-electron chi connectivity index (χ2n) is 7.09. The Morgan fingerprint density at radius 2 is 1.59 bits per heavy atom. The predicted octanol–water partition coefficient (Wildman–Crippen LogP) is 3.86. The second-order valence-corrected chi connectivity index (χ2v) is 7.09. The average Bonchev–Trinajstić information content (AvgIpc) is 3.07. The summed E-state index contributed by atoms with van der Waals surface area (Å²) in [6.45, 7) is 0.834. The van der Waals surface area contributed by atoms with Crippen LogP contribution in [0.2, 0.25) is 0 Å². The summed E-state index contributed by atoms with van der Waals surface area (Å²) >= 11 is 0. The summed E-state index contributed by atoms with van der Waals surface area (Å²) in [5, 5.41) is 11.4. The number of benzene rings is 1. The van der Waals surface area contributed by atoms with Crippen LogP contribution in [-0.2, 0) is 28.9 Å². The summed E-state index contributed by atoms with van der Waals surface area (Å²) in [7, 11) is 1.42. The number of hydrogen-bond acceptors (Lipinski definition) is 4. The first kappa shape index (κ1) is 19.1. The van der Waals surface area contributed by atoms with Crippen LogP contribution in [0, 0.1) is 0 Å². The lowest BCUT2D eigenvalue weighted by atomic mass is 10.0. The zero-order chi connectivity index (χ0) is 20.2. The van der Waals surface area contributed by atoms with Crippen LogP contribution >= 0.6 is 0 Å². The summed E-state index contributed by atoms with van der Waals surface area (Å²) in [4.78, 5) is 20.2. The Labute approximate surface area is 168 Å². The molecule has 0 saturated carbocycles. The van der Waals surface area contributed by atoms with Gasteiger partial charge in [-0.15, -0.1) is 0 Å². The van der Waals surface area contributed by atoms with Crippen molar-refractivity contribution in [1.82, 2.24) is 14.5 Å². The van der Waals surface area contributed by atoms with Gasteiger partial charge in [-0.05, 0) is 48.2 Å². The first-order valence-corrected chi connectivity index (χ1v) is 9.68. The topological polar surface area (TPSA) is 77.2 Å². The first-order valence-electron chi connectivity index (χ1n) is 9.68. The Kier molecular flexibility index (Phi) is 5.53. The van der Waals surface area contributed by atoms with Crippen LogP contribution in [0.1, 0.15) is 17.5 Å². The maximum Gasteiger partial charge on any atom is 0.333 e. The highest BCUT2D eigenvalue weighted by Gasteiger charge is 2.16. The fraction of sp³-hybridized carbons (Fsp3) is 0.261. The number of carbonyl (C=O) groups is 1. The molecule has 0 aliphatic heterocycles. The van der Waals surface area contributed by atoms with Gasteiger partial charge >= 0.3 is 5.97 Å². The van der Waals surface area contributed by atoms with Crippen molar-refractivity contribution in [3.63, 3.8) is 0 Å². The summed E-state index contributed by atoms with van der Waals surface area (Å²) in [5.41, 5.74) is 4.12. The number of carboxylic acid groups (broad SMARTS) is 1. The highest BCUT2D eigenvalue weighted by Crippen LogP contribution is 2.26. The molecular weight excluding hydrogens is 366 g/mol. The van der Waals surface area contributed by atoms with Crippen molar-refractivity contribution in [1.29, 1.82) is 0 Å². The predicted molar refractivity (Wildman–Crippen MR) is 112 cm³/mol. The van der Waals surface area contributed by atoms with E-state index in [0.29, 0.717) is 6.42 Å². The van der Waals surface area contributed by atoms with Crippen molar-refractivity contribution in [3.8, 4) is 0 Å². The summed E-state index contributed by atoms with van der Waals surface area (Å²) in [5.74, 6) is -0.940. The quantitative estimate of drug-likeness (QED) is 0.495. The fourth-order valence-corrected chi connectivity index (χ4v) is 3.73. The number of fused-ring (bicyclic) bond motifs is 3. The normalized spacial score (nSPS) is 12.4. The largest absolute Gasteiger partial charge is 0.479 e. The standard InChI is InChI=1S/C23H23N3O3/c1-29-20(23(27)28)15-17-10-8-16(9-11-17)5-4-14-26-21-18(6-2-12-24-21)19-7-3-13-25-22(19)26/h2-3,6-13,20H,4-5,14-15H2,1H3,(H,27,28). The number of pyridine rings is 2. The van der Waals surface area contributed by atoms with E-state index in [9.17, 15) is 4.79 Å². The molecule has 0 aliphatic rings. The van der Waals surface area contributed by atoms with E-state index in [1.807, 2.05) is 36.7 Å². The highest BCUT2D eigenvalue weighted by atomic mass is 16.5. The summed E-state index contributed by atoms with van der Waals surface area (Å²) in [6, 6.07) is 16.2. The zero-order valence-corrected chi connectivity index (χ0v) is 16.3. The molecular formula is C23H23N3O3. The van der Waals surface area contributed by atoms with Gasteiger partial charge in [0, 0.05) is 43.2 Å². The lowest BCUT2D eigenvalue weighted by Crippen LogP contribution is -2.24. The van der Waals surface area contributed by atoms with E-state index in [2.05, 4.69) is 38.8 Å². The minimum Gasteiger partial charge on any atom is -0.479 e. The molecule has 0 bridgehead atoms. The van der Waals surface area contributed by atoms with Crippen LogP contribution in [0.5, 0.6) is 0 Å². The van der Waals surface area contributed by atoms with Crippen LogP contribution in [-0.4, -0.2) is 38.8 Å². The molecule has 1 N–H and O–H groups in total. The third-order valence-electron chi connectivity index (χ3n) is 5.23. The Morgan fingerprint density at radius 1 is 1.00 bits per heavy atom. The van der Waals surface area contributed by atoms with Crippen molar-refractivity contribution >= 4 is 28.0 Å². The number of nitrogens with zero attached hydrogens (tertiary/aromatic N) is 3. The zero-order valence-electron chi connectivity index (χ0n) is 16.3. The van der Waals surface area contributed by atoms with Gasteiger partial charge in [-0.2, -0.15) is 0 Å². The molecule has 1 atom stereocenters. The van der Waals surface area contributed by atoms with Gasteiger partial charge in [0.2, 0.25) is 0 Å². The van der Waals surface area contributed by atoms with Gasteiger partial charge < -0.3 is 14.4 Å². The van der Waals surface area contributed by atoms with E-state index in [1.165, 1.54) is 12.7 Å². The molecule has 29 heavy (non-hydrogen) atoms. The molecule has 0 fully saturated rings. The van der Waals surface area contributed by atoms with Crippen LogP contribution < -0.4 is 0 Å². The molecule has 3 aromatic heterocycles. The molecule has 3 heterocycles. The van der Waals surface area contributed by atoms with Crippen molar-refractivity contribution in [3.05, 3.63) is 72.1 Å². The fourth-order valence-electron chi connectivity index (χ4n) is 3.73. The van der Waals surface area contributed by atoms with Crippen molar-refractivity contribution in [2.24, 2.45) is 0 Å². The van der Waals surface area contributed by atoms with E-state index in [4.69, 9.17) is 9.84 Å². The van der Waals surface area contributed by atoms with E-state index in [1.54, 1.807) is 0 Å². The molecule has 0 saturated heterocycles. The summed E-state index contributed by atoms with van der Waals surface area (Å²) < 4.78 is 7.20. The lowest BCUT2D eigenvalue weighted by Gasteiger charge is -2.11. The number of rotatable bonds is 8. The van der Waals surface area contributed by atoms with Gasteiger partial charge in [0.15, 0.2) is 6.10 Å². The SMILES string of the molecule is COC(Cc1ccc(CCCn2c3ncccc3c3cccnc32)cc1)C(=O)O. The Hall–Kier alpha value is -3.25. The number of methoxy groups -OCH3 is 1. The molecule has 0 radical (unpaired) electrons. The van der Waals surface area contributed by atoms with Crippen molar-refractivity contribution in [2.75, 3.05) is 7.11 Å². The van der Waals surface area contributed by atoms with Gasteiger partial charge in [-0.3, -0.25) is 0 Å². The van der Waals surface area contributed by atoms with E-state index in [-0.39, 0.29) is 0 Å². The number of aryl methyl sites for hydroxylation is 2. The third-order valence-corrected chi connectivity index (χ3v) is 5.23. The van der Waals surface area contributed by atoms with Crippen LogP contribution in [0.3, 0.4) is 0 Å². The smallest absolute Gasteiger partial charge is 0.333 e. The number of hydrogen-bond donors (Lipinski definition) is 1. The molecule has 4 rings (SSSR count). The van der Waals surface area contributed by atoms with Gasteiger partial charge in [0.05, 0.1) is 0 Å². The van der Waals surface area contributed by atoms with E-state index in [0.717, 1.165) is 47.0 Å². The molecule has 4 aromatic rings. The molecule has 6 nitrogen and oxygen atoms in total. The van der Waals surface area contributed by atoms with Crippen molar-refractivity contribution < 1.29 is 14.6 Å². The third kappa shape index (κ3) is 3.98. The molecule has 0 aliphatic carbocycles. The van der Waals surface area contributed by atoms with Crippen LogP contribution in [0.25, 0.3) is 22.1 Å².